The number of rotatable bonds is 4. The Bertz CT molecular complexity index is 1120. The molecule has 29 heavy (non-hydrogen) atoms. The Kier molecular flexibility index (Phi) is 4.53. The van der Waals surface area contributed by atoms with E-state index in [9.17, 15) is 0 Å². The summed E-state index contributed by atoms with van der Waals surface area (Å²) in [7, 11) is 0. The fourth-order valence-electron chi connectivity index (χ4n) is 3.68. The molecule has 1 atom stereocenters. The molecular formula is C21H21N7O. The third-order valence-corrected chi connectivity index (χ3v) is 5.11. The molecule has 4 aromatic rings. The van der Waals surface area contributed by atoms with E-state index in [2.05, 4.69) is 20.3 Å². The van der Waals surface area contributed by atoms with Crippen LogP contribution in [0.2, 0.25) is 0 Å². The number of fused-ring (bicyclic) bond motifs is 1. The summed E-state index contributed by atoms with van der Waals surface area (Å²) in [4.78, 5) is 13.1. The molecule has 1 aliphatic rings. The van der Waals surface area contributed by atoms with Gasteiger partial charge in [0.25, 0.3) is 0 Å². The van der Waals surface area contributed by atoms with E-state index in [-0.39, 0.29) is 6.04 Å². The molecule has 8 nitrogen and oxygen atoms in total. The minimum atomic E-state index is 0.239. The molecule has 5 rings (SSSR count). The SMILES string of the molecule is Nc1ncnc2c1c(-c1ccc(Oc3ccccc3)nc1)nn2C1CCCNC1. The van der Waals surface area contributed by atoms with Crippen LogP contribution in [0.1, 0.15) is 18.9 Å². The van der Waals surface area contributed by atoms with Crippen molar-refractivity contribution >= 4 is 16.9 Å². The molecule has 0 amide bonds. The van der Waals surface area contributed by atoms with Gasteiger partial charge in [-0.3, -0.25) is 0 Å². The summed E-state index contributed by atoms with van der Waals surface area (Å²) in [6.07, 6.45) is 5.39. The number of piperidine rings is 1. The molecule has 1 aliphatic heterocycles. The van der Waals surface area contributed by atoms with Crippen molar-refractivity contribution in [2.75, 3.05) is 18.8 Å². The Morgan fingerprint density at radius 3 is 2.72 bits per heavy atom. The predicted molar refractivity (Wildman–Crippen MR) is 111 cm³/mol. The van der Waals surface area contributed by atoms with Gasteiger partial charge in [-0.2, -0.15) is 5.10 Å². The Morgan fingerprint density at radius 1 is 1.07 bits per heavy atom. The van der Waals surface area contributed by atoms with Crippen LogP contribution >= 0.6 is 0 Å². The molecule has 1 unspecified atom stereocenters. The highest BCUT2D eigenvalue weighted by molar-refractivity contribution is 5.98. The summed E-state index contributed by atoms with van der Waals surface area (Å²) in [5, 5.41) is 9.06. The second-order valence-electron chi connectivity index (χ2n) is 7.05. The molecule has 0 spiro atoms. The van der Waals surface area contributed by atoms with E-state index in [1.165, 1.54) is 6.33 Å². The maximum atomic E-state index is 6.20. The first-order valence-corrected chi connectivity index (χ1v) is 9.68. The van der Waals surface area contributed by atoms with Gasteiger partial charge in [0.2, 0.25) is 5.88 Å². The van der Waals surface area contributed by atoms with Crippen molar-refractivity contribution < 1.29 is 4.74 Å². The van der Waals surface area contributed by atoms with Crippen LogP contribution in [0, 0.1) is 0 Å². The molecule has 0 saturated carbocycles. The van der Waals surface area contributed by atoms with Gasteiger partial charge in [-0.05, 0) is 37.6 Å². The fraction of sp³-hybridized carbons (Fsp3) is 0.238. The molecule has 3 N–H and O–H groups in total. The molecule has 0 bridgehead atoms. The summed E-state index contributed by atoms with van der Waals surface area (Å²) >= 11 is 0. The minimum absolute atomic E-state index is 0.239. The molecule has 1 fully saturated rings. The molecular weight excluding hydrogens is 366 g/mol. The van der Waals surface area contributed by atoms with Crippen molar-refractivity contribution in [3.63, 3.8) is 0 Å². The first-order valence-electron chi connectivity index (χ1n) is 9.68. The average Bonchev–Trinajstić information content (AvgIpc) is 3.17. The number of anilines is 1. The van der Waals surface area contributed by atoms with E-state index >= 15 is 0 Å². The van der Waals surface area contributed by atoms with Crippen molar-refractivity contribution in [3.05, 3.63) is 55.0 Å². The molecule has 0 radical (unpaired) electrons. The van der Waals surface area contributed by atoms with Gasteiger partial charge in [0.05, 0.1) is 11.4 Å². The van der Waals surface area contributed by atoms with E-state index in [0.717, 1.165) is 54.0 Å². The lowest BCUT2D eigenvalue weighted by Crippen LogP contribution is -2.32. The van der Waals surface area contributed by atoms with Crippen molar-refractivity contribution in [2.45, 2.75) is 18.9 Å². The van der Waals surface area contributed by atoms with Crippen molar-refractivity contribution in [3.8, 4) is 22.9 Å². The van der Waals surface area contributed by atoms with E-state index in [4.69, 9.17) is 15.6 Å². The normalized spacial score (nSPS) is 16.8. The van der Waals surface area contributed by atoms with Gasteiger partial charge in [0, 0.05) is 24.4 Å². The van der Waals surface area contributed by atoms with Crippen molar-refractivity contribution in [1.82, 2.24) is 30.0 Å². The lowest BCUT2D eigenvalue weighted by molar-refractivity contribution is 0.354. The van der Waals surface area contributed by atoms with E-state index < -0.39 is 0 Å². The molecule has 1 aromatic carbocycles. The molecule has 4 heterocycles. The average molecular weight is 387 g/mol. The third-order valence-electron chi connectivity index (χ3n) is 5.11. The number of hydrogen-bond donors (Lipinski definition) is 2. The number of nitrogen functional groups attached to an aromatic ring is 1. The smallest absolute Gasteiger partial charge is 0.219 e. The second-order valence-corrected chi connectivity index (χ2v) is 7.05. The quantitative estimate of drug-likeness (QED) is 0.554. The van der Waals surface area contributed by atoms with Gasteiger partial charge < -0.3 is 15.8 Å². The molecule has 3 aromatic heterocycles. The number of aromatic nitrogens is 5. The van der Waals surface area contributed by atoms with Crippen LogP contribution in [0.25, 0.3) is 22.3 Å². The van der Waals surface area contributed by atoms with Gasteiger partial charge in [0.15, 0.2) is 5.65 Å². The van der Waals surface area contributed by atoms with Crippen LogP contribution in [-0.4, -0.2) is 37.8 Å². The summed E-state index contributed by atoms with van der Waals surface area (Å²) in [5.74, 6) is 1.68. The zero-order chi connectivity index (χ0) is 19.6. The Hall–Kier alpha value is -3.52. The lowest BCUT2D eigenvalue weighted by atomic mass is 10.1. The molecule has 1 saturated heterocycles. The number of nitrogens with zero attached hydrogens (tertiary/aromatic N) is 5. The minimum Gasteiger partial charge on any atom is -0.439 e. The van der Waals surface area contributed by atoms with Crippen LogP contribution in [0.4, 0.5) is 5.82 Å². The Balaban J connectivity index is 1.52. The highest BCUT2D eigenvalue weighted by Crippen LogP contribution is 2.33. The van der Waals surface area contributed by atoms with Crippen LogP contribution < -0.4 is 15.8 Å². The van der Waals surface area contributed by atoms with Gasteiger partial charge in [-0.15, -0.1) is 0 Å². The number of benzene rings is 1. The maximum absolute atomic E-state index is 6.20. The van der Waals surface area contributed by atoms with Gasteiger partial charge in [0.1, 0.15) is 23.6 Å². The topological polar surface area (TPSA) is 104 Å². The van der Waals surface area contributed by atoms with Crippen LogP contribution in [0.5, 0.6) is 11.6 Å². The zero-order valence-electron chi connectivity index (χ0n) is 15.8. The monoisotopic (exact) mass is 387 g/mol. The predicted octanol–water partition coefficient (Wildman–Crippen LogP) is 3.19. The number of hydrogen-bond acceptors (Lipinski definition) is 7. The first-order chi connectivity index (χ1) is 14.3. The number of pyridine rings is 1. The van der Waals surface area contributed by atoms with Crippen LogP contribution in [-0.2, 0) is 0 Å². The van der Waals surface area contributed by atoms with Gasteiger partial charge >= 0.3 is 0 Å². The Morgan fingerprint density at radius 2 is 1.97 bits per heavy atom. The highest BCUT2D eigenvalue weighted by Gasteiger charge is 2.23. The number of ether oxygens (including phenoxy) is 1. The summed E-state index contributed by atoms with van der Waals surface area (Å²) in [6, 6.07) is 13.6. The van der Waals surface area contributed by atoms with E-state index in [0.29, 0.717) is 11.7 Å². The zero-order valence-corrected chi connectivity index (χ0v) is 15.8. The number of nitrogens with two attached hydrogens (primary N) is 1. The molecule has 0 aliphatic carbocycles. The third kappa shape index (κ3) is 3.38. The van der Waals surface area contributed by atoms with Crippen molar-refractivity contribution in [2.24, 2.45) is 0 Å². The van der Waals surface area contributed by atoms with Gasteiger partial charge in [-0.25, -0.2) is 19.6 Å². The van der Waals surface area contributed by atoms with Crippen LogP contribution in [0.15, 0.2) is 55.0 Å². The van der Waals surface area contributed by atoms with E-state index in [1.54, 1.807) is 6.20 Å². The molecule has 8 heteroatoms. The van der Waals surface area contributed by atoms with Gasteiger partial charge in [-0.1, -0.05) is 18.2 Å². The summed E-state index contributed by atoms with van der Waals surface area (Å²) < 4.78 is 7.76. The lowest BCUT2D eigenvalue weighted by Gasteiger charge is -2.23. The number of para-hydroxylation sites is 1. The second kappa shape index (κ2) is 7.48. The van der Waals surface area contributed by atoms with Crippen LogP contribution in [0.3, 0.4) is 0 Å². The number of nitrogens with one attached hydrogen (secondary N) is 1. The van der Waals surface area contributed by atoms with Crippen molar-refractivity contribution in [1.29, 1.82) is 0 Å². The summed E-state index contributed by atoms with van der Waals surface area (Å²) in [6.45, 7) is 1.90. The highest BCUT2D eigenvalue weighted by atomic mass is 16.5. The Labute approximate surface area is 167 Å². The fourth-order valence-corrected chi connectivity index (χ4v) is 3.68. The standard InChI is InChI=1S/C21H21N7O/c22-20-18-19(14-8-9-17(24-11-14)29-16-6-2-1-3-7-16)27-28(21(18)26-13-25-20)15-5-4-10-23-12-15/h1-3,6-9,11,13,15,23H,4-5,10,12H2,(H2,22,25,26). The molecule has 146 valence electrons. The largest absolute Gasteiger partial charge is 0.439 e. The first kappa shape index (κ1) is 17.6. The maximum Gasteiger partial charge on any atom is 0.219 e. The summed E-state index contributed by atoms with van der Waals surface area (Å²) in [5.41, 5.74) is 8.54. The van der Waals surface area contributed by atoms with E-state index in [1.807, 2.05) is 47.1 Å².